The Labute approximate surface area is 185 Å². The molecular formula is C25H34N4O2. The molecule has 1 aromatic carbocycles. The smallest absolute Gasteiger partial charge is 0.223 e. The van der Waals surface area contributed by atoms with Crippen LogP contribution in [0, 0.1) is 11.8 Å². The molecule has 0 radical (unpaired) electrons. The van der Waals surface area contributed by atoms with Crippen molar-refractivity contribution in [2.45, 2.75) is 50.6 Å². The topological polar surface area (TPSA) is 50.6 Å². The lowest BCUT2D eigenvalue weighted by atomic mass is 9.70. The Kier molecular flexibility index (Phi) is 5.74. The van der Waals surface area contributed by atoms with Crippen LogP contribution in [0.3, 0.4) is 0 Å². The van der Waals surface area contributed by atoms with Gasteiger partial charge >= 0.3 is 0 Å². The standard InChI is InChI=1S/C25H34N4O2/c1-27-12-10-26-24(27)9-11-28-16-19-15-20(17-28)23(29-22(19)7-4-8-25(29)30)14-18-5-3-6-21(13-18)31-2/h3,5-6,10,12-13,19-20,22-23H,4,7-9,11,14-17H2,1-2H3/t19-,20+,22+,23+/m1/s1. The molecule has 3 fully saturated rings. The fraction of sp³-hybridized carbons (Fsp3) is 0.600. The van der Waals surface area contributed by atoms with E-state index in [9.17, 15) is 4.79 Å². The van der Waals surface area contributed by atoms with E-state index >= 15 is 0 Å². The first-order chi connectivity index (χ1) is 15.1. The van der Waals surface area contributed by atoms with Crippen LogP contribution in [-0.4, -0.2) is 64.1 Å². The maximum Gasteiger partial charge on any atom is 0.223 e. The second-order valence-corrected chi connectivity index (χ2v) is 9.60. The van der Waals surface area contributed by atoms with Gasteiger partial charge in [-0.25, -0.2) is 4.98 Å². The molecule has 3 aliphatic rings. The molecule has 1 aromatic heterocycles. The summed E-state index contributed by atoms with van der Waals surface area (Å²) >= 11 is 0. The third kappa shape index (κ3) is 4.10. The summed E-state index contributed by atoms with van der Waals surface area (Å²) in [5, 5.41) is 0. The fourth-order valence-corrected chi connectivity index (χ4v) is 6.25. The average molecular weight is 423 g/mol. The molecule has 6 heteroatoms. The fourth-order valence-electron chi connectivity index (χ4n) is 6.25. The summed E-state index contributed by atoms with van der Waals surface area (Å²) in [7, 11) is 3.79. The Morgan fingerprint density at radius 2 is 2.10 bits per heavy atom. The minimum Gasteiger partial charge on any atom is -0.497 e. The Bertz CT molecular complexity index is 926. The maximum atomic E-state index is 13.1. The van der Waals surface area contributed by atoms with Crippen molar-refractivity contribution in [3.63, 3.8) is 0 Å². The summed E-state index contributed by atoms with van der Waals surface area (Å²) in [6.07, 6.45) is 9.98. The van der Waals surface area contributed by atoms with Crippen LogP contribution in [0.4, 0.5) is 0 Å². The molecule has 2 bridgehead atoms. The van der Waals surface area contributed by atoms with Crippen LogP contribution >= 0.6 is 0 Å². The Morgan fingerprint density at radius 1 is 1.23 bits per heavy atom. The van der Waals surface area contributed by atoms with Crippen LogP contribution in [0.1, 0.15) is 37.1 Å². The van der Waals surface area contributed by atoms with Gasteiger partial charge in [-0.2, -0.15) is 0 Å². The molecule has 4 atom stereocenters. The predicted molar refractivity (Wildman–Crippen MR) is 120 cm³/mol. The van der Waals surface area contributed by atoms with E-state index in [-0.39, 0.29) is 6.04 Å². The van der Waals surface area contributed by atoms with Crippen molar-refractivity contribution in [1.82, 2.24) is 19.4 Å². The SMILES string of the molecule is COc1cccc(C[C@H]2[C@H]3C[C@H](CN(CCc4nccn4C)C3)[C@@H]3CCCC(=O)N32)c1. The Balaban J connectivity index is 1.36. The number of carbonyl (C=O) groups is 1. The second-order valence-electron chi connectivity index (χ2n) is 9.60. The first kappa shape index (κ1) is 20.6. The van der Waals surface area contributed by atoms with Crippen LogP contribution in [-0.2, 0) is 24.7 Å². The minimum absolute atomic E-state index is 0.289. The van der Waals surface area contributed by atoms with Crippen LogP contribution in [0.5, 0.6) is 5.75 Å². The molecule has 0 saturated carbocycles. The van der Waals surface area contributed by atoms with Crippen LogP contribution in [0.2, 0.25) is 0 Å². The van der Waals surface area contributed by atoms with Gasteiger partial charge in [0.2, 0.25) is 5.91 Å². The summed E-state index contributed by atoms with van der Waals surface area (Å²) in [6, 6.07) is 9.07. The number of aryl methyl sites for hydroxylation is 1. The van der Waals surface area contributed by atoms with Gasteiger partial charge in [-0.05, 0) is 55.2 Å². The van der Waals surface area contributed by atoms with E-state index in [1.54, 1.807) is 7.11 Å². The number of imidazole rings is 1. The van der Waals surface area contributed by atoms with E-state index in [1.165, 1.54) is 12.0 Å². The van der Waals surface area contributed by atoms with Gasteiger partial charge in [-0.15, -0.1) is 0 Å². The third-order valence-electron chi connectivity index (χ3n) is 7.72. The molecule has 0 spiro atoms. The lowest BCUT2D eigenvalue weighted by Gasteiger charge is -2.57. The number of hydrogen-bond acceptors (Lipinski definition) is 4. The number of likely N-dealkylation sites (tertiary alicyclic amines) is 1. The van der Waals surface area contributed by atoms with E-state index < -0.39 is 0 Å². The van der Waals surface area contributed by atoms with Crippen LogP contribution in [0.25, 0.3) is 0 Å². The minimum atomic E-state index is 0.289. The van der Waals surface area contributed by atoms with Gasteiger partial charge in [0.15, 0.2) is 0 Å². The van der Waals surface area contributed by atoms with Crippen LogP contribution in [0.15, 0.2) is 36.7 Å². The molecule has 3 saturated heterocycles. The Morgan fingerprint density at radius 3 is 2.90 bits per heavy atom. The summed E-state index contributed by atoms with van der Waals surface area (Å²) < 4.78 is 7.57. The highest BCUT2D eigenvalue weighted by Crippen LogP contribution is 2.42. The van der Waals surface area contributed by atoms with Crippen molar-refractivity contribution in [3.05, 3.63) is 48.0 Å². The van der Waals surface area contributed by atoms with E-state index in [4.69, 9.17) is 4.74 Å². The molecule has 3 aliphatic heterocycles. The monoisotopic (exact) mass is 422 g/mol. The van der Waals surface area contributed by atoms with Crippen molar-refractivity contribution in [2.24, 2.45) is 18.9 Å². The molecule has 0 unspecified atom stereocenters. The average Bonchev–Trinajstić information content (AvgIpc) is 3.20. The second kappa shape index (κ2) is 8.65. The van der Waals surface area contributed by atoms with Gasteiger partial charge in [-0.3, -0.25) is 4.79 Å². The predicted octanol–water partition coefficient (Wildman–Crippen LogP) is 2.92. The molecular weight excluding hydrogens is 388 g/mol. The number of aromatic nitrogens is 2. The van der Waals surface area contributed by atoms with Gasteiger partial charge in [-0.1, -0.05) is 12.1 Å². The van der Waals surface area contributed by atoms with E-state index in [2.05, 4.69) is 44.6 Å². The molecule has 0 N–H and O–H groups in total. The Hall–Kier alpha value is -2.34. The number of carbonyl (C=O) groups excluding carboxylic acids is 1. The van der Waals surface area contributed by atoms with Crippen LogP contribution < -0.4 is 4.74 Å². The zero-order valence-electron chi connectivity index (χ0n) is 18.7. The zero-order valence-corrected chi connectivity index (χ0v) is 18.7. The number of rotatable bonds is 6. The molecule has 166 valence electrons. The van der Waals surface area contributed by atoms with Gasteiger partial charge in [0.1, 0.15) is 11.6 Å². The van der Waals surface area contributed by atoms with Crippen molar-refractivity contribution < 1.29 is 9.53 Å². The first-order valence-electron chi connectivity index (χ1n) is 11.7. The number of amides is 1. The largest absolute Gasteiger partial charge is 0.497 e. The number of fused-ring (bicyclic) bond motifs is 4. The number of methoxy groups -OCH3 is 1. The molecule has 0 aliphatic carbocycles. The third-order valence-corrected chi connectivity index (χ3v) is 7.72. The normalized spacial score (nSPS) is 28.5. The number of hydrogen-bond donors (Lipinski definition) is 0. The van der Waals surface area contributed by atoms with Gasteiger partial charge in [0.05, 0.1) is 7.11 Å². The molecule has 1 amide bonds. The summed E-state index contributed by atoms with van der Waals surface area (Å²) in [6.45, 7) is 3.23. The van der Waals surface area contributed by atoms with Gasteiger partial charge < -0.3 is 19.1 Å². The summed E-state index contributed by atoms with van der Waals surface area (Å²) in [4.78, 5) is 22.5. The number of piperidine rings is 3. The number of ether oxygens (including phenoxy) is 1. The highest BCUT2D eigenvalue weighted by molar-refractivity contribution is 5.78. The van der Waals surface area contributed by atoms with E-state index in [0.29, 0.717) is 30.2 Å². The highest BCUT2D eigenvalue weighted by Gasteiger charge is 2.49. The maximum absolute atomic E-state index is 13.1. The van der Waals surface area contributed by atoms with Crippen molar-refractivity contribution in [3.8, 4) is 5.75 Å². The quantitative estimate of drug-likeness (QED) is 0.718. The van der Waals surface area contributed by atoms with Crippen molar-refractivity contribution >= 4 is 5.91 Å². The first-order valence-corrected chi connectivity index (χ1v) is 11.7. The molecule has 6 nitrogen and oxygen atoms in total. The van der Waals surface area contributed by atoms with Crippen molar-refractivity contribution in [2.75, 3.05) is 26.7 Å². The summed E-state index contributed by atoms with van der Waals surface area (Å²) in [5.74, 6) is 3.56. The van der Waals surface area contributed by atoms with Gasteiger partial charge in [0, 0.05) is 64.0 Å². The molecule has 2 aromatic rings. The number of benzene rings is 1. The molecule has 31 heavy (non-hydrogen) atoms. The molecule has 5 rings (SSSR count). The lowest BCUT2D eigenvalue weighted by molar-refractivity contribution is -0.152. The van der Waals surface area contributed by atoms with E-state index in [1.807, 2.05) is 18.5 Å². The van der Waals surface area contributed by atoms with E-state index in [0.717, 1.165) is 56.9 Å². The van der Waals surface area contributed by atoms with Crippen molar-refractivity contribution in [1.29, 1.82) is 0 Å². The number of nitrogens with zero attached hydrogens (tertiary/aromatic N) is 4. The highest BCUT2D eigenvalue weighted by atomic mass is 16.5. The molecule has 4 heterocycles. The summed E-state index contributed by atoms with van der Waals surface area (Å²) in [5.41, 5.74) is 1.27. The lowest BCUT2D eigenvalue weighted by Crippen LogP contribution is -2.65. The van der Waals surface area contributed by atoms with Gasteiger partial charge in [0.25, 0.3) is 0 Å². The zero-order chi connectivity index (χ0) is 21.4.